The molecule has 3 fully saturated rings. The number of benzene rings is 1. The van der Waals surface area contributed by atoms with Crippen LogP contribution < -0.4 is 4.90 Å². The summed E-state index contributed by atoms with van der Waals surface area (Å²) in [6, 6.07) is 8.56. The molecular formula is C26H35N5O4S. The van der Waals surface area contributed by atoms with E-state index in [9.17, 15) is 13.2 Å². The molecule has 36 heavy (non-hydrogen) atoms. The van der Waals surface area contributed by atoms with E-state index in [0.717, 1.165) is 38.7 Å². The van der Waals surface area contributed by atoms with Crippen LogP contribution in [0.1, 0.15) is 37.8 Å². The van der Waals surface area contributed by atoms with Crippen LogP contribution in [-0.4, -0.2) is 84.9 Å². The zero-order valence-corrected chi connectivity index (χ0v) is 22.2. The molecule has 0 radical (unpaired) electrons. The van der Waals surface area contributed by atoms with E-state index in [1.165, 1.54) is 23.5 Å². The minimum atomic E-state index is -3.34. The minimum absolute atomic E-state index is 0.0108. The molecule has 1 saturated carbocycles. The van der Waals surface area contributed by atoms with Crippen molar-refractivity contribution in [1.29, 1.82) is 0 Å². The quantitative estimate of drug-likeness (QED) is 0.602. The Morgan fingerprint density at radius 3 is 2.19 bits per heavy atom. The van der Waals surface area contributed by atoms with E-state index >= 15 is 0 Å². The molecule has 3 aliphatic rings. The third-order valence-corrected chi connectivity index (χ3v) is 8.76. The van der Waals surface area contributed by atoms with Crippen LogP contribution in [0.5, 0.6) is 0 Å². The fourth-order valence-corrected chi connectivity index (χ4v) is 6.42. The standard InChI is InChI=1S/C26H35N5O4S/c1-18-5-7-21(8-6-18)15-29-16-26(17-29)9-22(10-26)35-25(32)31-19(2)13-30(14-20(31)3)24-27-11-23(12-28-24)36(4,33)34/h5-8,11-12,19-20,22H,9-10,13-17H2,1-4H3/t19-,20+. The summed E-state index contributed by atoms with van der Waals surface area (Å²) in [6.07, 6.45) is 5.42. The Bertz CT molecular complexity index is 1190. The predicted octanol–water partition coefficient (Wildman–Crippen LogP) is 2.89. The zero-order chi connectivity index (χ0) is 25.7. The van der Waals surface area contributed by atoms with E-state index in [1.54, 1.807) is 0 Å². The third kappa shape index (κ3) is 5.06. The summed E-state index contributed by atoms with van der Waals surface area (Å²) in [5.41, 5.74) is 2.93. The number of anilines is 1. The Morgan fingerprint density at radius 2 is 1.64 bits per heavy atom. The highest BCUT2D eigenvalue weighted by Crippen LogP contribution is 2.50. The van der Waals surface area contributed by atoms with Gasteiger partial charge >= 0.3 is 6.09 Å². The van der Waals surface area contributed by atoms with E-state index in [0.29, 0.717) is 24.5 Å². The van der Waals surface area contributed by atoms with Gasteiger partial charge in [0.1, 0.15) is 11.0 Å². The summed E-state index contributed by atoms with van der Waals surface area (Å²) in [6.45, 7) is 10.3. The van der Waals surface area contributed by atoms with E-state index in [-0.39, 0.29) is 29.2 Å². The van der Waals surface area contributed by atoms with Gasteiger partial charge < -0.3 is 9.64 Å². The van der Waals surface area contributed by atoms with Gasteiger partial charge in [-0.05, 0) is 39.2 Å². The molecule has 2 aliphatic heterocycles. The van der Waals surface area contributed by atoms with Gasteiger partial charge in [0.2, 0.25) is 5.95 Å². The lowest BCUT2D eigenvalue weighted by Crippen LogP contribution is -2.65. The molecular weight excluding hydrogens is 478 g/mol. The summed E-state index contributed by atoms with van der Waals surface area (Å²) in [4.78, 5) is 27.9. The number of likely N-dealkylation sites (tertiary alicyclic amines) is 1. The second-order valence-corrected chi connectivity index (χ2v) is 13.1. The van der Waals surface area contributed by atoms with Crippen LogP contribution in [0.3, 0.4) is 0 Å². The zero-order valence-electron chi connectivity index (χ0n) is 21.4. The molecule has 5 rings (SSSR count). The van der Waals surface area contributed by atoms with Crippen molar-refractivity contribution in [1.82, 2.24) is 19.8 Å². The first-order chi connectivity index (χ1) is 17.0. The molecule has 1 aromatic heterocycles. The maximum atomic E-state index is 13.0. The van der Waals surface area contributed by atoms with Crippen molar-refractivity contribution in [3.63, 3.8) is 0 Å². The molecule has 9 nitrogen and oxygen atoms in total. The first-order valence-corrected chi connectivity index (χ1v) is 14.4. The molecule has 2 saturated heterocycles. The van der Waals surface area contributed by atoms with Gasteiger partial charge in [0, 0.05) is 44.4 Å². The van der Waals surface area contributed by atoms with Gasteiger partial charge in [-0.3, -0.25) is 9.80 Å². The molecule has 10 heteroatoms. The Kier molecular flexibility index (Phi) is 6.45. The van der Waals surface area contributed by atoms with Crippen LogP contribution in [0.25, 0.3) is 0 Å². The number of piperazine rings is 1. The maximum absolute atomic E-state index is 13.0. The first kappa shape index (κ1) is 25.0. The second-order valence-electron chi connectivity index (χ2n) is 11.0. The number of ether oxygens (including phenoxy) is 1. The van der Waals surface area contributed by atoms with Gasteiger partial charge in [0.25, 0.3) is 0 Å². The largest absolute Gasteiger partial charge is 0.446 e. The summed E-state index contributed by atoms with van der Waals surface area (Å²) in [5, 5.41) is 0. The summed E-state index contributed by atoms with van der Waals surface area (Å²) < 4.78 is 29.3. The molecule has 0 bridgehead atoms. The number of carbonyl (C=O) groups excluding carboxylic acids is 1. The van der Waals surface area contributed by atoms with Crippen molar-refractivity contribution < 1.29 is 17.9 Å². The van der Waals surface area contributed by atoms with Gasteiger partial charge in [0.15, 0.2) is 9.84 Å². The Morgan fingerprint density at radius 1 is 1.06 bits per heavy atom. The summed E-state index contributed by atoms with van der Waals surface area (Å²) >= 11 is 0. The van der Waals surface area contributed by atoms with Crippen LogP contribution >= 0.6 is 0 Å². The number of hydrogen-bond acceptors (Lipinski definition) is 8. The average molecular weight is 514 g/mol. The Balaban J connectivity index is 1.09. The molecule has 1 spiro atoms. The fraction of sp³-hybridized carbons (Fsp3) is 0.577. The number of carbonyl (C=O) groups is 1. The molecule has 0 unspecified atom stereocenters. The van der Waals surface area contributed by atoms with E-state index < -0.39 is 9.84 Å². The average Bonchev–Trinajstić information content (AvgIpc) is 2.76. The molecule has 2 aromatic rings. The van der Waals surface area contributed by atoms with E-state index in [2.05, 4.69) is 46.1 Å². The maximum Gasteiger partial charge on any atom is 0.410 e. The van der Waals surface area contributed by atoms with Crippen molar-refractivity contribution in [3.05, 3.63) is 47.8 Å². The smallest absolute Gasteiger partial charge is 0.410 e. The Hall–Kier alpha value is -2.72. The third-order valence-electron chi connectivity index (χ3n) is 7.69. The summed E-state index contributed by atoms with van der Waals surface area (Å²) in [5.74, 6) is 0.468. The van der Waals surface area contributed by atoms with Gasteiger partial charge in [0.05, 0.1) is 24.5 Å². The number of nitrogens with zero attached hydrogens (tertiary/aromatic N) is 5. The first-order valence-electron chi connectivity index (χ1n) is 12.6. The number of amides is 1. The van der Waals surface area contributed by atoms with Crippen molar-refractivity contribution in [3.8, 4) is 0 Å². The molecule has 3 heterocycles. The van der Waals surface area contributed by atoms with Crippen molar-refractivity contribution >= 4 is 21.9 Å². The van der Waals surface area contributed by atoms with Crippen molar-refractivity contribution in [2.24, 2.45) is 5.41 Å². The van der Waals surface area contributed by atoms with Gasteiger partial charge in [-0.2, -0.15) is 0 Å². The molecule has 1 aromatic carbocycles. The second kappa shape index (κ2) is 9.30. The van der Waals surface area contributed by atoms with Crippen LogP contribution in [0, 0.1) is 12.3 Å². The topological polar surface area (TPSA) is 95.9 Å². The highest BCUT2D eigenvalue weighted by molar-refractivity contribution is 7.90. The van der Waals surface area contributed by atoms with Gasteiger partial charge in [-0.1, -0.05) is 29.8 Å². The SMILES string of the molecule is Cc1ccc(CN2CC3(CC(OC(=O)N4[C@H](C)CN(c5ncc(S(C)(=O)=O)cn5)C[C@@H]4C)C3)C2)cc1. The molecule has 1 aliphatic carbocycles. The van der Waals surface area contributed by atoms with E-state index in [4.69, 9.17) is 4.74 Å². The number of rotatable bonds is 5. The van der Waals surface area contributed by atoms with Crippen LogP contribution in [-0.2, 0) is 21.1 Å². The van der Waals surface area contributed by atoms with Crippen LogP contribution in [0.2, 0.25) is 0 Å². The predicted molar refractivity (Wildman–Crippen MR) is 137 cm³/mol. The lowest BCUT2D eigenvalue weighted by atomic mass is 9.61. The van der Waals surface area contributed by atoms with Crippen molar-refractivity contribution in [2.75, 3.05) is 37.3 Å². The van der Waals surface area contributed by atoms with Gasteiger partial charge in [-0.25, -0.2) is 23.2 Å². The summed E-state index contributed by atoms with van der Waals surface area (Å²) in [7, 11) is -3.34. The minimum Gasteiger partial charge on any atom is -0.446 e. The van der Waals surface area contributed by atoms with E-state index in [1.807, 2.05) is 23.6 Å². The Labute approximate surface area is 213 Å². The van der Waals surface area contributed by atoms with Crippen LogP contribution in [0.15, 0.2) is 41.6 Å². The lowest BCUT2D eigenvalue weighted by molar-refractivity contribution is -0.137. The monoisotopic (exact) mass is 513 g/mol. The van der Waals surface area contributed by atoms with Gasteiger partial charge in [-0.15, -0.1) is 0 Å². The highest BCUT2D eigenvalue weighted by Gasteiger charge is 2.54. The normalized spacial score (nSPS) is 24.3. The number of aromatic nitrogens is 2. The molecule has 1 amide bonds. The molecule has 194 valence electrons. The lowest BCUT2D eigenvalue weighted by Gasteiger charge is -2.58. The molecule has 2 atom stereocenters. The number of aryl methyl sites for hydroxylation is 1. The molecule has 0 N–H and O–H groups in total. The van der Waals surface area contributed by atoms with Crippen LogP contribution in [0.4, 0.5) is 10.7 Å². The number of sulfone groups is 1. The highest BCUT2D eigenvalue weighted by atomic mass is 32.2. The van der Waals surface area contributed by atoms with Crippen molar-refractivity contribution in [2.45, 2.75) is 63.2 Å². The number of hydrogen-bond donors (Lipinski definition) is 0. The fourth-order valence-electron chi connectivity index (χ4n) is 5.93.